The maximum atomic E-state index is 11.7. The number of nitrogens with zero attached hydrogens (tertiary/aromatic N) is 2. The minimum Gasteiger partial charge on any atom is -0.465 e. The Balaban J connectivity index is 1.82. The number of esters is 1. The second-order valence-electron chi connectivity index (χ2n) is 7.41. The Morgan fingerprint density at radius 1 is 0.929 bits per heavy atom. The van der Waals surface area contributed by atoms with Gasteiger partial charge >= 0.3 is 5.97 Å². The smallest absolute Gasteiger partial charge is 0.337 e. The normalized spacial score (nSPS) is 11.0. The van der Waals surface area contributed by atoms with E-state index in [0.29, 0.717) is 17.2 Å². The summed E-state index contributed by atoms with van der Waals surface area (Å²) in [7, 11) is 1.36. The third kappa shape index (κ3) is 4.65. The monoisotopic (exact) mass is 376 g/mol. The number of nitrogens with one attached hydrogen (secondary N) is 2. The van der Waals surface area contributed by atoms with E-state index in [4.69, 9.17) is 4.74 Å². The molecule has 3 aromatic rings. The summed E-state index contributed by atoms with van der Waals surface area (Å²) in [6.45, 7) is 6.53. The van der Waals surface area contributed by atoms with E-state index in [1.165, 1.54) is 19.0 Å². The van der Waals surface area contributed by atoms with E-state index in [2.05, 4.69) is 47.4 Å². The first-order valence-electron chi connectivity index (χ1n) is 9.01. The summed E-state index contributed by atoms with van der Waals surface area (Å²) in [5.74, 6) is 0.915. The van der Waals surface area contributed by atoms with Crippen molar-refractivity contribution >= 4 is 29.0 Å². The molecule has 3 rings (SSSR count). The van der Waals surface area contributed by atoms with Crippen molar-refractivity contribution < 1.29 is 9.53 Å². The molecular formula is C22H24N4O2. The number of hydrogen-bond acceptors (Lipinski definition) is 6. The van der Waals surface area contributed by atoms with Gasteiger partial charge in [0.05, 0.1) is 12.7 Å². The summed E-state index contributed by atoms with van der Waals surface area (Å²) in [6, 6.07) is 17.1. The predicted molar refractivity (Wildman–Crippen MR) is 112 cm³/mol. The van der Waals surface area contributed by atoms with Crippen LogP contribution in [0.3, 0.4) is 0 Å². The molecule has 0 aliphatic heterocycles. The Kier molecular flexibility index (Phi) is 5.59. The van der Waals surface area contributed by atoms with E-state index in [1.54, 1.807) is 18.2 Å². The van der Waals surface area contributed by atoms with Gasteiger partial charge in [0.15, 0.2) is 0 Å². The molecule has 0 spiro atoms. The fourth-order valence-electron chi connectivity index (χ4n) is 2.87. The highest BCUT2D eigenvalue weighted by molar-refractivity contribution is 5.90. The Bertz CT molecular complexity index is 980. The van der Waals surface area contributed by atoms with Crippen molar-refractivity contribution in [3.8, 4) is 0 Å². The highest BCUT2D eigenvalue weighted by atomic mass is 16.5. The van der Waals surface area contributed by atoms with Gasteiger partial charge in [-0.05, 0) is 35.2 Å². The maximum absolute atomic E-state index is 11.7. The molecule has 0 bridgehead atoms. The molecule has 2 aromatic carbocycles. The zero-order valence-corrected chi connectivity index (χ0v) is 16.5. The number of hydrogen-bond donors (Lipinski definition) is 2. The number of rotatable bonds is 5. The summed E-state index contributed by atoms with van der Waals surface area (Å²) in [6.07, 6.45) is 1.49. The Morgan fingerprint density at radius 2 is 1.64 bits per heavy atom. The van der Waals surface area contributed by atoms with Gasteiger partial charge in [0.1, 0.15) is 18.0 Å². The van der Waals surface area contributed by atoms with Crippen molar-refractivity contribution in [2.75, 3.05) is 17.7 Å². The topological polar surface area (TPSA) is 76.1 Å². The Hall–Kier alpha value is -3.41. The lowest BCUT2D eigenvalue weighted by Crippen LogP contribution is -2.13. The van der Waals surface area contributed by atoms with Crippen molar-refractivity contribution in [3.05, 3.63) is 72.1 Å². The number of carbonyl (C=O) groups excluding carboxylic acids is 1. The van der Waals surface area contributed by atoms with Gasteiger partial charge in [-0.3, -0.25) is 0 Å². The molecule has 0 fully saturated rings. The molecular weight excluding hydrogens is 352 g/mol. The van der Waals surface area contributed by atoms with Crippen molar-refractivity contribution in [1.29, 1.82) is 0 Å². The average Bonchev–Trinajstić information content (AvgIpc) is 2.67. The van der Waals surface area contributed by atoms with Crippen LogP contribution < -0.4 is 10.6 Å². The standard InChI is InChI=1S/C22H24N4O2/c1-22(2,3)17-10-5-6-11-18(17)26-20-13-19(23-14-24-20)25-16-9-7-8-15(12-16)21(27)28-4/h5-14H,1-4H3,(H2,23,24,25,26). The van der Waals surface area contributed by atoms with Gasteiger partial charge in [0.25, 0.3) is 0 Å². The zero-order chi connectivity index (χ0) is 20.1. The molecule has 144 valence electrons. The molecule has 1 aromatic heterocycles. The molecule has 0 atom stereocenters. The first kappa shape index (κ1) is 19.4. The van der Waals surface area contributed by atoms with Crippen molar-refractivity contribution in [2.45, 2.75) is 26.2 Å². The van der Waals surface area contributed by atoms with Gasteiger partial charge in [-0.25, -0.2) is 14.8 Å². The number of carbonyl (C=O) groups is 1. The van der Waals surface area contributed by atoms with Crippen LogP contribution in [-0.2, 0) is 10.2 Å². The molecule has 0 aliphatic carbocycles. The van der Waals surface area contributed by atoms with E-state index >= 15 is 0 Å². The number of methoxy groups -OCH3 is 1. The summed E-state index contributed by atoms with van der Waals surface area (Å²) < 4.78 is 4.76. The second-order valence-corrected chi connectivity index (χ2v) is 7.41. The lowest BCUT2D eigenvalue weighted by atomic mass is 9.86. The van der Waals surface area contributed by atoms with Gasteiger partial charge in [0, 0.05) is 17.4 Å². The van der Waals surface area contributed by atoms with Crippen LogP contribution in [0.4, 0.5) is 23.0 Å². The molecule has 1 heterocycles. The highest BCUT2D eigenvalue weighted by Crippen LogP contribution is 2.31. The third-order valence-corrected chi connectivity index (χ3v) is 4.22. The van der Waals surface area contributed by atoms with E-state index in [-0.39, 0.29) is 11.4 Å². The van der Waals surface area contributed by atoms with Crippen LogP contribution in [0, 0.1) is 0 Å². The van der Waals surface area contributed by atoms with Crippen LogP contribution >= 0.6 is 0 Å². The Morgan fingerprint density at radius 3 is 2.36 bits per heavy atom. The molecule has 28 heavy (non-hydrogen) atoms. The molecule has 6 heteroatoms. The molecule has 6 nitrogen and oxygen atoms in total. The van der Waals surface area contributed by atoms with Gasteiger partial charge in [-0.1, -0.05) is 45.0 Å². The number of benzene rings is 2. The van der Waals surface area contributed by atoms with Gasteiger partial charge < -0.3 is 15.4 Å². The Labute approximate surface area is 165 Å². The summed E-state index contributed by atoms with van der Waals surface area (Å²) in [5.41, 5.74) is 3.43. The summed E-state index contributed by atoms with van der Waals surface area (Å²) >= 11 is 0. The second kappa shape index (κ2) is 8.08. The van der Waals surface area contributed by atoms with Crippen LogP contribution in [0.1, 0.15) is 36.7 Å². The largest absolute Gasteiger partial charge is 0.465 e. The van der Waals surface area contributed by atoms with Crippen molar-refractivity contribution in [2.24, 2.45) is 0 Å². The SMILES string of the molecule is COC(=O)c1cccc(Nc2cc(Nc3ccccc3C(C)(C)C)ncn2)c1. The fraction of sp³-hybridized carbons (Fsp3) is 0.227. The van der Waals surface area contributed by atoms with Gasteiger partial charge in [-0.2, -0.15) is 0 Å². The van der Waals surface area contributed by atoms with Crippen LogP contribution in [0.15, 0.2) is 60.9 Å². The van der Waals surface area contributed by atoms with Crippen LogP contribution in [0.5, 0.6) is 0 Å². The molecule has 0 unspecified atom stereocenters. The number of aromatic nitrogens is 2. The first-order valence-corrected chi connectivity index (χ1v) is 9.01. The molecule has 0 saturated carbocycles. The number of anilines is 4. The zero-order valence-electron chi connectivity index (χ0n) is 16.5. The first-order chi connectivity index (χ1) is 13.4. The van der Waals surface area contributed by atoms with E-state index in [1.807, 2.05) is 30.3 Å². The molecule has 2 N–H and O–H groups in total. The molecule has 0 aliphatic rings. The number of para-hydroxylation sites is 1. The van der Waals surface area contributed by atoms with E-state index < -0.39 is 0 Å². The lowest BCUT2D eigenvalue weighted by Gasteiger charge is -2.23. The minimum absolute atomic E-state index is 0.00598. The molecule has 0 saturated heterocycles. The van der Waals surface area contributed by atoms with Crippen molar-refractivity contribution in [1.82, 2.24) is 9.97 Å². The maximum Gasteiger partial charge on any atom is 0.337 e. The van der Waals surface area contributed by atoms with Crippen LogP contribution in [0.25, 0.3) is 0 Å². The molecule has 0 amide bonds. The van der Waals surface area contributed by atoms with Gasteiger partial charge in [0.2, 0.25) is 0 Å². The quantitative estimate of drug-likeness (QED) is 0.607. The van der Waals surface area contributed by atoms with Crippen molar-refractivity contribution in [3.63, 3.8) is 0 Å². The third-order valence-electron chi connectivity index (χ3n) is 4.22. The number of ether oxygens (including phenoxy) is 1. The van der Waals surface area contributed by atoms with Gasteiger partial charge in [-0.15, -0.1) is 0 Å². The van der Waals surface area contributed by atoms with E-state index in [0.717, 1.165) is 11.4 Å². The predicted octanol–water partition coefficient (Wildman–Crippen LogP) is 5.05. The molecule has 0 radical (unpaired) electrons. The fourth-order valence-corrected chi connectivity index (χ4v) is 2.87. The van der Waals surface area contributed by atoms with E-state index in [9.17, 15) is 4.79 Å². The van der Waals surface area contributed by atoms with Crippen LogP contribution in [0.2, 0.25) is 0 Å². The lowest BCUT2D eigenvalue weighted by molar-refractivity contribution is 0.0601. The summed E-state index contributed by atoms with van der Waals surface area (Å²) in [5, 5.41) is 6.57. The summed E-state index contributed by atoms with van der Waals surface area (Å²) in [4.78, 5) is 20.3. The minimum atomic E-state index is -0.382. The highest BCUT2D eigenvalue weighted by Gasteiger charge is 2.17. The van der Waals surface area contributed by atoms with Crippen LogP contribution in [-0.4, -0.2) is 23.0 Å². The average molecular weight is 376 g/mol.